The van der Waals surface area contributed by atoms with Crippen molar-refractivity contribution in [3.05, 3.63) is 23.7 Å². The summed E-state index contributed by atoms with van der Waals surface area (Å²) in [5, 5.41) is 0. The van der Waals surface area contributed by atoms with E-state index in [0.717, 1.165) is 11.8 Å². The van der Waals surface area contributed by atoms with Gasteiger partial charge in [-0.2, -0.15) is 0 Å². The minimum absolute atomic E-state index is 0.728. The zero-order valence-corrected chi connectivity index (χ0v) is 8.25. The van der Waals surface area contributed by atoms with Crippen molar-refractivity contribution in [3.8, 4) is 0 Å². The lowest BCUT2D eigenvalue weighted by Crippen LogP contribution is -2.03. The molecule has 2 bridgehead atoms. The Hall–Kier alpha value is -0.920. The van der Waals surface area contributed by atoms with Crippen molar-refractivity contribution in [2.45, 2.75) is 19.3 Å². The molecule has 0 aliphatic heterocycles. The number of hydrogen-bond acceptors (Lipinski definition) is 2. The van der Waals surface area contributed by atoms with Crippen LogP contribution in [0.5, 0.6) is 0 Å². The first-order chi connectivity index (χ1) is 6.36. The molecule has 72 valence electrons. The number of allylic oxidation sites excluding steroid dienone is 2. The largest absolute Gasteiger partial charge is 0.504 e. The van der Waals surface area contributed by atoms with Crippen LogP contribution in [0.2, 0.25) is 0 Å². The van der Waals surface area contributed by atoms with Crippen molar-refractivity contribution in [2.24, 2.45) is 11.8 Å². The van der Waals surface area contributed by atoms with Gasteiger partial charge < -0.3 is 9.47 Å². The quantitative estimate of drug-likeness (QED) is 0.608. The first-order valence-electron chi connectivity index (χ1n) is 4.83. The summed E-state index contributed by atoms with van der Waals surface area (Å²) in [6.07, 6.45) is 7.70. The van der Waals surface area contributed by atoms with Crippen LogP contribution in [0.4, 0.5) is 0 Å². The maximum atomic E-state index is 5.10. The Bertz CT molecular complexity index is 227. The van der Waals surface area contributed by atoms with Crippen molar-refractivity contribution in [3.63, 3.8) is 0 Å². The third kappa shape index (κ3) is 1.34. The fourth-order valence-electron chi connectivity index (χ4n) is 2.60. The summed E-state index contributed by atoms with van der Waals surface area (Å²) in [4.78, 5) is 0. The van der Waals surface area contributed by atoms with Crippen molar-refractivity contribution >= 4 is 0 Å². The van der Waals surface area contributed by atoms with Crippen molar-refractivity contribution in [2.75, 3.05) is 14.2 Å². The number of rotatable bonds is 2. The molecule has 0 heterocycles. The Labute approximate surface area is 79.2 Å². The lowest BCUT2D eigenvalue weighted by molar-refractivity contribution is 0.321. The maximum absolute atomic E-state index is 5.10. The van der Waals surface area contributed by atoms with E-state index in [9.17, 15) is 0 Å². The molecule has 2 fully saturated rings. The zero-order chi connectivity index (χ0) is 9.26. The van der Waals surface area contributed by atoms with Crippen molar-refractivity contribution in [1.82, 2.24) is 0 Å². The molecule has 2 rings (SSSR count). The molecule has 0 aromatic rings. The van der Waals surface area contributed by atoms with Crippen LogP contribution in [0.3, 0.4) is 0 Å². The lowest BCUT2D eigenvalue weighted by atomic mass is 9.91. The smallest absolute Gasteiger partial charge is 0.0863 e. The third-order valence-electron chi connectivity index (χ3n) is 3.14. The second kappa shape index (κ2) is 3.44. The minimum Gasteiger partial charge on any atom is -0.504 e. The Morgan fingerprint density at radius 3 is 1.85 bits per heavy atom. The van der Waals surface area contributed by atoms with Crippen molar-refractivity contribution < 1.29 is 9.47 Å². The molecule has 2 atom stereocenters. The first kappa shape index (κ1) is 8.67. The minimum atomic E-state index is 0.728. The van der Waals surface area contributed by atoms with Gasteiger partial charge in [0.1, 0.15) is 0 Å². The molecule has 2 aliphatic rings. The third-order valence-corrected chi connectivity index (χ3v) is 3.14. The van der Waals surface area contributed by atoms with Gasteiger partial charge in [0.15, 0.2) is 0 Å². The summed E-state index contributed by atoms with van der Waals surface area (Å²) in [6.45, 7) is 0. The second-order valence-corrected chi connectivity index (χ2v) is 3.82. The SMILES string of the molecule is CO/C=C1\C(=C\OC)C2CCC1C2. The summed E-state index contributed by atoms with van der Waals surface area (Å²) in [5.41, 5.74) is 2.72. The summed E-state index contributed by atoms with van der Waals surface area (Å²) in [6, 6.07) is 0. The molecule has 2 aliphatic carbocycles. The molecule has 0 N–H and O–H groups in total. The Kier molecular flexibility index (Phi) is 2.30. The summed E-state index contributed by atoms with van der Waals surface area (Å²) < 4.78 is 10.2. The van der Waals surface area contributed by atoms with E-state index in [2.05, 4.69) is 0 Å². The fraction of sp³-hybridized carbons (Fsp3) is 0.636. The highest BCUT2D eigenvalue weighted by Gasteiger charge is 2.40. The van der Waals surface area contributed by atoms with Crippen molar-refractivity contribution in [1.29, 1.82) is 0 Å². The van der Waals surface area contributed by atoms with E-state index >= 15 is 0 Å². The average molecular weight is 180 g/mol. The maximum Gasteiger partial charge on any atom is 0.0863 e. The standard InChI is InChI=1S/C11H16O2/c1-12-6-10-8-3-4-9(5-8)11(10)7-13-2/h6-9H,3-5H2,1-2H3/b10-6-,11-7+. The predicted molar refractivity (Wildman–Crippen MR) is 51.0 cm³/mol. The van der Waals surface area contributed by atoms with Crippen LogP contribution in [0.1, 0.15) is 19.3 Å². The van der Waals surface area contributed by atoms with E-state index in [4.69, 9.17) is 9.47 Å². The van der Waals surface area contributed by atoms with Crippen LogP contribution in [0, 0.1) is 11.8 Å². The van der Waals surface area contributed by atoms with E-state index < -0.39 is 0 Å². The van der Waals surface area contributed by atoms with E-state index in [1.165, 1.54) is 30.4 Å². The number of fused-ring (bicyclic) bond motifs is 2. The van der Waals surface area contributed by atoms with Crippen LogP contribution >= 0.6 is 0 Å². The molecule has 0 amide bonds. The van der Waals surface area contributed by atoms with Crippen LogP contribution in [0.15, 0.2) is 23.7 Å². The molecular weight excluding hydrogens is 164 g/mol. The molecular formula is C11H16O2. The van der Waals surface area contributed by atoms with Gasteiger partial charge in [0.2, 0.25) is 0 Å². The monoisotopic (exact) mass is 180 g/mol. The molecule has 2 unspecified atom stereocenters. The zero-order valence-electron chi connectivity index (χ0n) is 8.25. The molecule has 0 saturated heterocycles. The molecule has 2 nitrogen and oxygen atoms in total. The van der Waals surface area contributed by atoms with Gasteiger partial charge in [-0.05, 0) is 42.2 Å². The van der Waals surface area contributed by atoms with Gasteiger partial charge in [0.05, 0.1) is 26.7 Å². The average Bonchev–Trinajstić information content (AvgIpc) is 2.69. The highest BCUT2D eigenvalue weighted by atomic mass is 16.5. The molecule has 0 aromatic carbocycles. The predicted octanol–water partition coefficient (Wildman–Crippen LogP) is 2.48. The number of ether oxygens (including phenoxy) is 2. The van der Waals surface area contributed by atoms with E-state index in [-0.39, 0.29) is 0 Å². The Morgan fingerprint density at radius 1 is 1.00 bits per heavy atom. The highest BCUT2D eigenvalue weighted by molar-refractivity contribution is 5.40. The summed E-state index contributed by atoms with van der Waals surface area (Å²) in [5.74, 6) is 1.46. The summed E-state index contributed by atoms with van der Waals surface area (Å²) >= 11 is 0. The van der Waals surface area contributed by atoms with Gasteiger partial charge in [-0.25, -0.2) is 0 Å². The van der Waals surface area contributed by atoms with Gasteiger partial charge >= 0.3 is 0 Å². The molecule has 0 spiro atoms. The van der Waals surface area contributed by atoms with Gasteiger partial charge in [-0.1, -0.05) is 0 Å². The molecule has 2 heteroatoms. The normalized spacial score (nSPS) is 37.4. The second-order valence-electron chi connectivity index (χ2n) is 3.82. The first-order valence-corrected chi connectivity index (χ1v) is 4.83. The van der Waals surface area contributed by atoms with Gasteiger partial charge in [-0.15, -0.1) is 0 Å². The van der Waals surface area contributed by atoms with Crippen LogP contribution < -0.4 is 0 Å². The summed E-state index contributed by atoms with van der Waals surface area (Å²) in [7, 11) is 3.42. The molecule has 13 heavy (non-hydrogen) atoms. The highest BCUT2D eigenvalue weighted by Crippen LogP contribution is 2.51. The number of methoxy groups -OCH3 is 2. The van der Waals surface area contributed by atoms with Crippen LogP contribution in [-0.4, -0.2) is 14.2 Å². The van der Waals surface area contributed by atoms with E-state index in [1.54, 1.807) is 14.2 Å². The topological polar surface area (TPSA) is 18.5 Å². The fourth-order valence-corrected chi connectivity index (χ4v) is 2.60. The Morgan fingerprint density at radius 2 is 1.46 bits per heavy atom. The van der Waals surface area contributed by atoms with E-state index in [0.29, 0.717) is 0 Å². The van der Waals surface area contributed by atoms with Gasteiger partial charge in [0.25, 0.3) is 0 Å². The number of hydrogen-bond donors (Lipinski definition) is 0. The lowest BCUT2D eigenvalue weighted by Gasteiger charge is -2.16. The van der Waals surface area contributed by atoms with Gasteiger partial charge in [0, 0.05) is 0 Å². The van der Waals surface area contributed by atoms with Crippen LogP contribution in [-0.2, 0) is 9.47 Å². The van der Waals surface area contributed by atoms with E-state index in [1.807, 2.05) is 12.5 Å². The van der Waals surface area contributed by atoms with Crippen LogP contribution in [0.25, 0.3) is 0 Å². The van der Waals surface area contributed by atoms with Gasteiger partial charge in [-0.3, -0.25) is 0 Å². The molecule has 2 saturated carbocycles. The Balaban J connectivity index is 2.25. The molecule has 0 radical (unpaired) electrons. The molecule has 0 aromatic heterocycles.